The van der Waals surface area contributed by atoms with Gasteiger partial charge in [-0.05, 0) is 44.5 Å². The van der Waals surface area contributed by atoms with Gasteiger partial charge in [-0.1, -0.05) is 12.1 Å². The lowest BCUT2D eigenvalue weighted by Gasteiger charge is -2.38. The van der Waals surface area contributed by atoms with Gasteiger partial charge in [0.15, 0.2) is 5.78 Å². The molecule has 0 aromatic heterocycles. The Morgan fingerprint density at radius 2 is 1.67 bits per heavy atom. The number of nitrogens with zero attached hydrogens (tertiary/aromatic N) is 1. The van der Waals surface area contributed by atoms with E-state index in [0.29, 0.717) is 10.5 Å². The second kappa shape index (κ2) is 18.3. The van der Waals surface area contributed by atoms with Crippen LogP contribution in [0.4, 0.5) is 5.69 Å². The summed E-state index contributed by atoms with van der Waals surface area (Å²) in [5.74, 6) is -10.5. The normalized spacial score (nSPS) is 22.2. The molecule has 3 rings (SSSR count). The van der Waals surface area contributed by atoms with Crippen LogP contribution in [-0.4, -0.2) is 130 Å². The van der Waals surface area contributed by atoms with Gasteiger partial charge >= 0.3 is 11.9 Å². The van der Waals surface area contributed by atoms with Crippen LogP contribution in [0.5, 0.6) is 5.75 Å². The molecule has 19 nitrogen and oxygen atoms in total. The van der Waals surface area contributed by atoms with E-state index in [1.807, 2.05) is 0 Å². The van der Waals surface area contributed by atoms with E-state index in [1.165, 1.54) is 24.3 Å². The number of aliphatic hydroxyl groups is 3. The highest BCUT2D eigenvalue weighted by molar-refractivity contribution is 7.85. The Hall–Kier alpha value is -5.02. The Balaban J connectivity index is 1.73. The standard InChI is InChI=1S/C34H43N3O16S/c1-34(2,3)33(48)52-12-4-5-18-6-7-23(53-24-15-21(32(46)47)28(42)30(44)29(24)43)22(13-18)36-25(39)10-11-35-31(45)19(17-54(49,50)51)14-20(38)16-37-26(40)8-9-27(37)41/h4-9,13,19,21,24,28-30,42-44H,10-12,14-17H2,1-3H3,(H,35,45)(H,36,39)(H,46,47)(H,49,50,51)/b5-4+/t19-,21-,24+,28+,29-,30-/m0/s1. The molecule has 54 heavy (non-hydrogen) atoms. The Morgan fingerprint density at radius 3 is 2.26 bits per heavy atom. The van der Waals surface area contributed by atoms with Gasteiger partial charge in [0.05, 0.1) is 41.3 Å². The van der Waals surface area contributed by atoms with Crippen molar-refractivity contribution in [3.05, 3.63) is 42.0 Å². The maximum absolute atomic E-state index is 13.1. The van der Waals surface area contributed by atoms with Gasteiger partial charge in [0, 0.05) is 38.0 Å². The summed E-state index contributed by atoms with van der Waals surface area (Å²) in [6.07, 6.45) is -3.41. The number of benzene rings is 1. The molecule has 1 aliphatic heterocycles. The molecule has 0 radical (unpaired) electrons. The number of anilines is 1. The number of hydrogen-bond donors (Lipinski definition) is 7. The number of carboxylic acids is 1. The summed E-state index contributed by atoms with van der Waals surface area (Å²) < 4.78 is 43.6. The van der Waals surface area contributed by atoms with E-state index in [0.717, 1.165) is 12.2 Å². The van der Waals surface area contributed by atoms with E-state index in [-0.39, 0.29) is 18.0 Å². The summed E-state index contributed by atoms with van der Waals surface area (Å²) in [7, 11) is -4.78. The summed E-state index contributed by atoms with van der Waals surface area (Å²) in [6.45, 7) is 3.81. The number of amides is 4. The van der Waals surface area contributed by atoms with Crippen LogP contribution in [-0.2, 0) is 48.4 Å². The average molecular weight is 782 g/mol. The van der Waals surface area contributed by atoms with Gasteiger partial charge in [-0.2, -0.15) is 8.42 Å². The van der Waals surface area contributed by atoms with E-state index in [1.54, 1.807) is 26.8 Å². The van der Waals surface area contributed by atoms with Crippen molar-refractivity contribution in [2.75, 3.05) is 30.8 Å². The number of aliphatic carboxylic acids is 1. The molecule has 0 bridgehead atoms. The van der Waals surface area contributed by atoms with Gasteiger partial charge < -0.3 is 40.5 Å². The van der Waals surface area contributed by atoms with Crippen LogP contribution in [0.2, 0.25) is 0 Å². The third-order valence-electron chi connectivity index (χ3n) is 8.23. The average Bonchev–Trinajstić information content (AvgIpc) is 3.38. The first kappa shape index (κ1) is 43.4. The molecule has 0 saturated heterocycles. The smallest absolute Gasteiger partial charge is 0.311 e. The highest BCUT2D eigenvalue weighted by atomic mass is 32.2. The summed E-state index contributed by atoms with van der Waals surface area (Å²) in [4.78, 5) is 86.3. The lowest BCUT2D eigenvalue weighted by atomic mass is 9.80. The third-order valence-corrected chi connectivity index (χ3v) is 9.05. The minimum atomic E-state index is -4.78. The zero-order valence-corrected chi connectivity index (χ0v) is 30.4. The number of hydrogen-bond acceptors (Lipinski definition) is 14. The number of nitrogens with one attached hydrogen (secondary N) is 2. The Kier molecular flexibility index (Phi) is 14.7. The summed E-state index contributed by atoms with van der Waals surface area (Å²) in [5.41, 5.74) is -0.304. The molecule has 0 spiro atoms. The molecule has 7 N–H and O–H groups in total. The fraction of sp³-hybridized carbons (Fsp3) is 0.500. The van der Waals surface area contributed by atoms with Crippen molar-refractivity contribution in [3.63, 3.8) is 0 Å². The molecule has 296 valence electrons. The molecule has 6 atom stereocenters. The number of esters is 1. The third kappa shape index (κ3) is 12.5. The van der Waals surface area contributed by atoms with Crippen LogP contribution < -0.4 is 15.4 Å². The van der Waals surface area contributed by atoms with Crippen molar-refractivity contribution < 1.29 is 76.4 Å². The molecule has 20 heteroatoms. The fourth-order valence-electron chi connectivity index (χ4n) is 5.33. The topological polar surface area (TPSA) is 301 Å². The molecule has 1 aromatic rings. The van der Waals surface area contributed by atoms with Gasteiger partial charge in [-0.3, -0.25) is 43.0 Å². The first-order valence-electron chi connectivity index (χ1n) is 16.6. The SMILES string of the molecule is CC(C)(C)C(=O)OC/C=C/c1ccc(O[C@@H]2C[C@H](C(=O)O)[C@@H](O)[C@H](O)[C@H]2O)c(NC(=O)CCNC(=O)[C@@H](CC(=O)CN2C(=O)C=CC2=O)CS(=O)(=O)O)c1. The maximum atomic E-state index is 13.1. The molecule has 4 amide bonds. The molecule has 0 unspecified atom stereocenters. The van der Waals surface area contributed by atoms with Crippen molar-refractivity contribution in [2.45, 2.75) is 64.4 Å². The number of carboxylic acid groups (broad SMARTS) is 1. The minimum absolute atomic E-state index is 0.0183. The lowest BCUT2D eigenvalue weighted by Crippen LogP contribution is -2.57. The van der Waals surface area contributed by atoms with Gasteiger partial charge in [0.1, 0.15) is 30.7 Å². The fourth-order valence-corrected chi connectivity index (χ4v) is 6.11. The zero-order valence-electron chi connectivity index (χ0n) is 29.5. The Labute approximate surface area is 309 Å². The van der Waals surface area contributed by atoms with Gasteiger partial charge in [-0.15, -0.1) is 0 Å². The predicted octanol–water partition coefficient (Wildman–Crippen LogP) is -0.943. The Morgan fingerprint density at radius 1 is 1.02 bits per heavy atom. The number of imide groups is 1. The summed E-state index contributed by atoms with van der Waals surface area (Å²) in [6, 6.07) is 4.31. The van der Waals surface area contributed by atoms with Crippen molar-refractivity contribution in [2.24, 2.45) is 17.3 Å². The summed E-state index contributed by atoms with van der Waals surface area (Å²) >= 11 is 0. The number of Topliss-reactive ketones (excluding diaryl/α,β-unsaturated/α-hetero) is 1. The van der Waals surface area contributed by atoms with Crippen molar-refractivity contribution in [3.8, 4) is 5.75 Å². The van der Waals surface area contributed by atoms with E-state index < -0.39 is 131 Å². The molecule has 2 aliphatic rings. The van der Waals surface area contributed by atoms with Crippen LogP contribution in [0.15, 0.2) is 36.4 Å². The first-order valence-corrected chi connectivity index (χ1v) is 18.2. The van der Waals surface area contributed by atoms with Crippen LogP contribution in [0.25, 0.3) is 6.08 Å². The van der Waals surface area contributed by atoms with E-state index >= 15 is 0 Å². The second-order valence-electron chi connectivity index (χ2n) is 13.7. The molecular formula is C34H43N3O16S. The number of carbonyl (C=O) groups is 7. The van der Waals surface area contributed by atoms with Gasteiger partial charge in [0.25, 0.3) is 21.9 Å². The number of ether oxygens (including phenoxy) is 2. The van der Waals surface area contributed by atoms with Crippen LogP contribution in [0.1, 0.15) is 45.6 Å². The largest absolute Gasteiger partial charge is 0.485 e. The van der Waals surface area contributed by atoms with Crippen LogP contribution in [0, 0.1) is 17.3 Å². The van der Waals surface area contributed by atoms with Crippen molar-refractivity contribution in [1.82, 2.24) is 10.2 Å². The van der Waals surface area contributed by atoms with E-state index in [9.17, 15) is 67.0 Å². The lowest BCUT2D eigenvalue weighted by molar-refractivity contribution is -0.174. The quantitative estimate of drug-likeness (QED) is 0.0570. The van der Waals surface area contributed by atoms with Crippen LogP contribution in [0.3, 0.4) is 0 Å². The van der Waals surface area contributed by atoms with E-state index in [2.05, 4.69) is 10.6 Å². The van der Waals surface area contributed by atoms with Crippen molar-refractivity contribution in [1.29, 1.82) is 0 Å². The zero-order chi connectivity index (χ0) is 40.5. The number of rotatable bonds is 17. The number of carbonyl (C=O) groups excluding carboxylic acids is 6. The molecule has 1 aromatic carbocycles. The number of aliphatic hydroxyl groups excluding tert-OH is 3. The van der Waals surface area contributed by atoms with E-state index in [4.69, 9.17) is 9.47 Å². The summed E-state index contributed by atoms with van der Waals surface area (Å²) in [5, 5.41) is 45.3. The maximum Gasteiger partial charge on any atom is 0.311 e. The molecule has 1 heterocycles. The van der Waals surface area contributed by atoms with Crippen molar-refractivity contribution >= 4 is 63.2 Å². The molecule has 1 fully saturated rings. The highest BCUT2D eigenvalue weighted by Gasteiger charge is 2.47. The second-order valence-corrected chi connectivity index (χ2v) is 15.2. The first-order chi connectivity index (χ1) is 25.1. The highest BCUT2D eigenvalue weighted by Crippen LogP contribution is 2.33. The number of ketones is 1. The predicted molar refractivity (Wildman–Crippen MR) is 186 cm³/mol. The monoisotopic (exact) mass is 781 g/mol. The minimum Gasteiger partial charge on any atom is -0.485 e. The molecule has 1 aliphatic carbocycles. The van der Waals surface area contributed by atoms with Gasteiger partial charge in [-0.25, -0.2) is 0 Å². The molecular weight excluding hydrogens is 738 g/mol. The van der Waals surface area contributed by atoms with Crippen LogP contribution >= 0.6 is 0 Å². The van der Waals surface area contributed by atoms with Gasteiger partial charge in [0.2, 0.25) is 11.8 Å². The molecule has 1 saturated carbocycles. The Bertz CT molecular complexity index is 1780.